The van der Waals surface area contributed by atoms with Crippen LogP contribution in [0.3, 0.4) is 0 Å². The summed E-state index contributed by atoms with van der Waals surface area (Å²) in [5, 5.41) is 13.5. The molecule has 1 unspecified atom stereocenters. The van der Waals surface area contributed by atoms with Crippen LogP contribution < -0.4 is 5.32 Å². The van der Waals surface area contributed by atoms with E-state index in [2.05, 4.69) is 26.1 Å². The highest BCUT2D eigenvalue weighted by molar-refractivity contribution is 9.09. The summed E-state index contributed by atoms with van der Waals surface area (Å²) in [4.78, 5) is 44.6. The standard InChI is InChI=1S/C27H36BrN3O7/c1-2-37-26(35)20-21-25(34)31(18(16-32)14-17-6-4-3-5-7-17)23(27(21)15-19(28)22(20)38-27)24(33)29-8-9-30-10-12-36-13-11-30/h3-7,18-23,32H,2,8-16H2,1H3,(H,29,33)/t18-,19?,20+,21-,22+,23+,27-/m1/s1. The molecule has 1 aromatic carbocycles. The van der Waals surface area contributed by atoms with E-state index in [0.717, 1.165) is 18.7 Å². The molecule has 5 rings (SSSR count). The number of ether oxygens (including phenoxy) is 3. The SMILES string of the molecule is CCOC(=O)[C@@H]1[C@H]2O[C@@]3(CC2Br)[C@H](C(=O)NCCN2CCOCC2)N([C@@H](CO)Cc2ccccc2)C(=O)[C@@H]13. The number of amides is 2. The van der Waals surface area contributed by atoms with Crippen LogP contribution in [0.4, 0.5) is 0 Å². The molecule has 0 aromatic heterocycles. The smallest absolute Gasteiger partial charge is 0.312 e. The predicted molar refractivity (Wildman–Crippen MR) is 140 cm³/mol. The molecule has 0 saturated carbocycles. The molecule has 2 N–H and O–H groups in total. The van der Waals surface area contributed by atoms with Crippen molar-refractivity contribution >= 4 is 33.7 Å². The number of esters is 1. The fraction of sp³-hybridized carbons (Fsp3) is 0.667. The number of nitrogens with one attached hydrogen (secondary N) is 1. The fourth-order valence-corrected chi connectivity index (χ4v) is 7.61. The van der Waals surface area contributed by atoms with Crippen LogP contribution in [0.5, 0.6) is 0 Å². The molecule has 2 amide bonds. The Morgan fingerprint density at radius 2 is 2.00 bits per heavy atom. The molecule has 1 aromatic rings. The summed E-state index contributed by atoms with van der Waals surface area (Å²) in [6, 6.07) is 7.93. The van der Waals surface area contributed by atoms with E-state index in [1.54, 1.807) is 6.92 Å². The van der Waals surface area contributed by atoms with E-state index in [1.807, 2.05) is 30.3 Å². The molecule has 208 valence electrons. The second-order valence-electron chi connectivity index (χ2n) is 10.4. The number of fused-ring (bicyclic) bond motifs is 1. The van der Waals surface area contributed by atoms with Gasteiger partial charge in [0.25, 0.3) is 0 Å². The number of morpholine rings is 1. The van der Waals surface area contributed by atoms with E-state index < -0.39 is 41.6 Å². The zero-order valence-corrected chi connectivity index (χ0v) is 23.2. The van der Waals surface area contributed by atoms with Gasteiger partial charge in [0.05, 0.1) is 50.4 Å². The summed E-state index contributed by atoms with van der Waals surface area (Å²) in [5.41, 5.74) is -0.244. The topological polar surface area (TPSA) is 118 Å². The first-order chi connectivity index (χ1) is 18.4. The number of alkyl halides is 1. The Labute approximate surface area is 231 Å². The average molecular weight is 595 g/mol. The van der Waals surface area contributed by atoms with Crippen LogP contribution in [-0.4, -0.2) is 114 Å². The molecule has 38 heavy (non-hydrogen) atoms. The van der Waals surface area contributed by atoms with E-state index in [4.69, 9.17) is 14.2 Å². The van der Waals surface area contributed by atoms with Gasteiger partial charge in [0.2, 0.25) is 11.8 Å². The molecule has 11 heteroatoms. The van der Waals surface area contributed by atoms with Gasteiger partial charge >= 0.3 is 5.97 Å². The minimum atomic E-state index is -1.18. The molecule has 10 nitrogen and oxygen atoms in total. The highest BCUT2D eigenvalue weighted by Gasteiger charge is 2.77. The number of rotatable bonds is 10. The predicted octanol–water partition coefficient (Wildman–Crippen LogP) is 0.350. The number of nitrogens with zero attached hydrogens (tertiary/aromatic N) is 2. The lowest BCUT2D eigenvalue weighted by Gasteiger charge is -2.37. The molecular weight excluding hydrogens is 558 g/mol. The summed E-state index contributed by atoms with van der Waals surface area (Å²) in [7, 11) is 0. The number of carbonyl (C=O) groups is 3. The van der Waals surface area contributed by atoms with Crippen molar-refractivity contribution in [2.24, 2.45) is 11.8 Å². The number of hydrogen-bond donors (Lipinski definition) is 2. The van der Waals surface area contributed by atoms with Gasteiger partial charge in [-0.15, -0.1) is 0 Å². The van der Waals surface area contributed by atoms with Crippen molar-refractivity contribution in [3.05, 3.63) is 35.9 Å². The van der Waals surface area contributed by atoms with Gasteiger partial charge in [-0.3, -0.25) is 19.3 Å². The number of benzene rings is 1. The second kappa shape index (κ2) is 11.6. The van der Waals surface area contributed by atoms with E-state index >= 15 is 0 Å². The van der Waals surface area contributed by atoms with Gasteiger partial charge in [0.15, 0.2) is 0 Å². The van der Waals surface area contributed by atoms with Crippen LogP contribution in [0, 0.1) is 11.8 Å². The van der Waals surface area contributed by atoms with Crippen LogP contribution in [-0.2, 0) is 35.0 Å². The highest BCUT2D eigenvalue weighted by atomic mass is 79.9. The minimum absolute atomic E-state index is 0.186. The third-order valence-corrected chi connectivity index (χ3v) is 9.13. The molecule has 4 aliphatic rings. The first-order valence-corrected chi connectivity index (χ1v) is 14.4. The van der Waals surface area contributed by atoms with Crippen molar-refractivity contribution in [3.8, 4) is 0 Å². The van der Waals surface area contributed by atoms with E-state index in [0.29, 0.717) is 39.1 Å². The van der Waals surface area contributed by atoms with E-state index in [-0.39, 0.29) is 29.9 Å². The van der Waals surface area contributed by atoms with Crippen LogP contribution in [0.15, 0.2) is 30.3 Å². The minimum Gasteiger partial charge on any atom is -0.466 e. The van der Waals surface area contributed by atoms with E-state index in [9.17, 15) is 19.5 Å². The summed E-state index contributed by atoms with van der Waals surface area (Å²) in [5.74, 6) is -2.82. The van der Waals surface area contributed by atoms with Gasteiger partial charge < -0.3 is 29.5 Å². The number of likely N-dealkylation sites (tertiary alicyclic amines) is 1. The Bertz CT molecular complexity index is 1020. The monoisotopic (exact) mass is 593 g/mol. The van der Waals surface area contributed by atoms with Gasteiger partial charge in [0.1, 0.15) is 11.6 Å². The molecular formula is C27H36BrN3O7. The number of hydrogen-bond acceptors (Lipinski definition) is 8. The molecule has 0 radical (unpaired) electrons. The Morgan fingerprint density at radius 3 is 2.68 bits per heavy atom. The number of halogens is 1. The zero-order valence-electron chi connectivity index (χ0n) is 21.6. The Morgan fingerprint density at radius 1 is 1.26 bits per heavy atom. The highest BCUT2D eigenvalue weighted by Crippen LogP contribution is 2.60. The average Bonchev–Trinajstić information content (AvgIpc) is 3.52. The molecule has 1 spiro atoms. The van der Waals surface area contributed by atoms with Crippen molar-refractivity contribution in [2.45, 2.75) is 48.4 Å². The molecule has 0 aliphatic carbocycles. The van der Waals surface area contributed by atoms with Gasteiger partial charge in [0, 0.05) is 31.0 Å². The first kappa shape index (κ1) is 27.5. The molecule has 2 bridgehead atoms. The Balaban J connectivity index is 1.44. The lowest BCUT2D eigenvalue weighted by molar-refractivity contribution is -0.155. The fourth-order valence-electron chi connectivity index (χ4n) is 6.66. The summed E-state index contributed by atoms with van der Waals surface area (Å²) >= 11 is 3.65. The van der Waals surface area contributed by atoms with Crippen LogP contribution in [0.25, 0.3) is 0 Å². The van der Waals surface area contributed by atoms with Crippen LogP contribution in [0.2, 0.25) is 0 Å². The van der Waals surface area contributed by atoms with Crippen molar-refractivity contribution in [1.82, 2.24) is 15.1 Å². The van der Waals surface area contributed by atoms with Crippen LogP contribution >= 0.6 is 15.9 Å². The van der Waals surface area contributed by atoms with Gasteiger partial charge in [-0.1, -0.05) is 46.3 Å². The Hall–Kier alpha value is -2.05. The summed E-state index contributed by atoms with van der Waals surface area (Å²) < 4.78 is 17.2. The van der Waals surface area contributed by atoms with Crippen molar-refractivity contribution in [3.63, 3.8) is 0 Å². The quantitative estimate of drug-likeness (QED) is 0.295. The maximum Gasteiger partial charge on any atom is 0.312 e. The lowest BCUT2D eigenvalue weighted by Crippen LogP contribution is -2.59. The number of aliphatic hydroxyl groups excluding tert-OH is 1. The maximum atomic E-state index is 14.1. The van der Waals surface area contributed by atoms with Crippen molar-refractivity contribution in [1.29, 1.82) is 0 Å². The van der Waals surface area contributed by atoms with Gasteiger partial charge in [-0.05, 0) is 25.3 Å². The number of carbonyl (C=O) groups excluding carboxylic acids is 3. The third-order valence-electron chi connectivity index (χ3n) is 8.28. The normalized spacial score (nSPS) is 33.3. The summed E-state index contributed by atoms with van der Waals surface area (Å²) in [6.07, 6.45) is 0.218. The third kappa shape index (κ3) is 4.88. The molecule has 4 aliphatic heterocycles. The molecule has 4 saturated heterocycles. The first-order valence-electron chi connectivity index (χ1n) is 13.4. The van der Waals surface area contributed by atoms with Crippen LogP contribution in [0.1, 0.15) is 18.9 Å². The maximum absolute atomic E-state index is 14.1. The van der Waals surface area contributed by atoms with Crippen molar-refractivity contribution in [2.75, 3.05) is 52.6 Å². The van der Waals surface area contributed by atoms with Gasteiger partial charge in [-0.25, -0.2) is 0 Å². The number of aliphatic hydroxyl groups is 1. The molecule has 7 atom stereocenters. The molecule has 4 fully saturated rings. The molecule has 4 heterocycles. The lowest BCUT2D eigenvalue weighted by atomic mass is 9.70. The second-order valence-corrected chi connectivity index (χ2v) is 11.6. The van der Waals surface area contributed by atoms with Crippen molar-refractivity contribution < 1.29 is 33.7 Å². The van der Waals surface area contributed by atoms with Gasteiger partial charge in [-0.2, -0.15) is 0 Å². The van der Waals surface area contributed by atoms with E-state index in [1.165, 1.54) is 4.90 Å². The largest absolute Gasteiger partial charge is 0.466 e. The Kier molecular flexibility index (Phi) is 8.39. The summed E-state index contributed by atoms with van der Waals surface area (Å²) in [6.45, 7) is 5.59. The zero-order chi connectivity index (χ0) is 26.9.